The first-order valence-electron chi connectivity index (χ1n) is 10.6. The first-order valence-corrected chi connectivity index (χ1v) is 10.6. The van der Waals surface area contributed by atoms with Crippen molar-refractivity contribution in [1.29, 1.82) is 0 Å². The Bertz CT molecular complexity index is 653. The molecule has 1 aliphatic carbocycles. The molecule has 0 saturated heterocycles. The fourth-order valence-corrected chi connectivity index (χ4v) is 2.61. The minimum absolute atomic E-state index is 0.236. The fraction of sp³-hybridized carbons (Fsp3) is 0.773. The number of esters is 4. The summed E-state index contributed by atoms with van der Waals surface area (Å²) in [6.45, 7) is 12.9. The van der Waals surface area contributed by atoms with Gasteiger partial charge in [0, 0.05) is 6.42 Å². The maximum atomic E-state index is 12.4. The monoisotopic (exact) mass is 443 g/mol. The maximum Gasteiger partial charge on any atom is 0.308 e. The van der Waals surface area contributed by atoms with Crippen molar-refractivity contribution in [1.82, 2.24) is 0 Å². The second kappa shape index (κ2) is 11.5. The van der Waals surface area contributed by atoms with Crippen LogP contribution in [-0.2, 0) is 38.1 Å². The molecule has 0 aliphatic heterocycles. The van der Waals surface area contributed by atoms with Crippen molar-refractivity contribution < 1.29 is 43.2 Å². The van der Waals surface area contributed by atoms with Crippen LogP contribution in [0.2, 0.25) is 0 Å². The molecule has 1 saturated carbocycles. The summed E-state index contributed by atoms with van der Waals surface area (Å²) in [6.07, 6.45) is -5.69. The Morgan fingerprint density at radius 1 is 0.645 bits per heavy atom. The fourth-order valence-electron chi connectivity index (χ4n) is 2.61. The highest BCUT2D eigenvalue weighted by Crippen LogP contribution is 2.35. The first-order chi connectivity index (χ1) is 14.3. The molecule has 9 nitrogen and oxygen atoms in total. The molecule has 0 bridgehead atoms. The van der Waals surface area contributed by atoms with Crippen LogP contribution in [0.1, 0.15) is 61.8 Å². The van der Waals surface area contributed by atoms with E-state index in [1.807, 2.05) is 0 Å². The van der Waals surface area contributed by atoms with Gasteiger partial charge in [0.25, 0.3) is 0 Å². The average molecular weight is 444 g/mol. The average Bonchev–Trinajstić information content (AvgIpc) is 2.66. The van der Waals surface area contributed by atoms with Gasteiger partial charge in [-0.3, -0.25) is 19.2 Å². The van der Waals surface area contributed by atoms with Gasteiger partial charge in [0.05, 0.1) is 23.7 Å². The number of aliphatic hydroxyl groups excluding tert-OH is 1. The Morgan fingerprint density at radius 2 is 1.00 bits per heavy atom. The smallest absolute Gasteiger partial charge is 0.308 e. The summed E-state index contributed by atoms with van der Waals surface area (Å²) in [5.41, 5.74) is 0. The minimum atomic E-state index is -1.38. The van der Waals surface area contributed by atoms with E-state index < -0.39 is 72.0 Å². The molecule has 0 aromatic carbocycles. The lowest BCUT2D eigenvalue weighted by Crippen LogP contribution is -2.59. The lowest BCUT2D eigenvalue weighted by atomic mass is 9.86. The Hall–Kier alpha value is -2.16. The standard InChI is InChI=1S/C22H35O9/c1-10(2)19(24)28-15-9-14(23)16(29-20(25)11(3)4)18(31-22(27)13(7)8)17(15)30-21(26)12(5)6/h10-13,15-18,23H,9H2,1-8H3. The number of carbonyl (C=O) groups excluding carboxylic acids is 4. The summed E-state index contributed by atoms with van der Waals surface area (Å²) in [5.74, 6) is -4.51. The number of rotatable bonds is 8. The number of hydrogen-bond acceptors (Lipinski definition) is 9. The molecule has 9 heteroatoms. The molecule has 0 aromatic heterocycles. The number of ether oxygens (including phenoxy) is 4. The number of carbonyl (C=O) groups is 4. The third-order valence-electron chi connectivity index (χ3n) is 4.63. The predicted molar refractivity (Wildman–Crippen MR) is 109 cm³/mol. The van der Waals surface area contributed by atoms with Gasteiger partial charge in [-0.1, -0.05) is 55.4 Å². The van der Waals surface area contributed by atoms with Crippen molar-refractivity contribution in [2.24, 2.45) is 23.7 Å². The molecule has 1 radical (unpaired) electrons. The van der Waals surface area contributed by atoms with E-state index in [0.717, 1.165) is 0 Å². The summed E-state index contributed by atoms with van der Waals surface area (Å²) in [7, 11) is 0. The highest BCUT2D eigenvalue weighted by molar-refractivity contribution is 5.74. The van der Waals surface area contributed by atoms with Crippen molar-refractivity contribution >= 4 is 23.9 Å². The van der Waals surface area contributed by atoms with Crippen LogP contribution in [0.5, 0.6) is 0 Å². The third kappa shape index (κ3) is 7.48. The summed E-state index contributed by atoms with van der Waals surface area (Å²) in [4.78, 5) is 49.2. The van der Waals surface area contributed by atoms with E-state index >= 15 is 0 Å². The van der Waals surface area contributed by atoms with E-state index in [4.69, 9.17) is 18.9 Å². The van der Waals surface area contributed by atoms with Gasteiger partial charge in [-0.25, -0.2) is 0 Å². The molecule has 1 N–H and O–H groups in total. The number of aliphatic hydroxyl groups is 1. The molecule has 1 aliphatic rings. The van der Waals surface area contributed by atoms with Gasteiger partial charge in [0.1, 0.15) is 12.2 Å². The van der Waals surface area contributed by atoms with Crippen molar-refractivity contribution in [3.8, 4) is 0 Å². The van der Waals surface area contributed by atoms with E-state index in [-0.39, 0.29) is 12.5 Å². The maximum absolute atomic E-state index is 12.4. The Labute approximate surface area is 183 Å². The van der Waals surface area contributed by atoms with Gasteiger partial charge < -0.3 is 24.1 Å². The summed E-state index contributed by atoms with van der Waals surface area (Å²) < 4.78 is 21.9. The van der Waals surface area contributed by atoms with Crippen LogP contribution >= 0.6 is 0 Å². The van der Waals surface area contributed by atoms with Crippen molar-refractivity contribution in [3.05, 3.63) is 6.10 Å². The van der Waals surface area contributed by atoms with E-state index in [2.05, 4.69) is 0 Å². The SMILES string of the molecule is CC(C)C(=O)OC1C[C](O)C(OC(=O)C(C)C)C(OC(=O)C(C)C)C1OC(=O)C(C)C. The van der Waals surface area contributed by atoms with Crippen LogP contribution in [0.25, 0.3) is 0 Å². The molecule has 1 fully saturated rings. The van der Waals surface area contributed by atoms with Gasteiger partial charge in [-0.05, 0) is 0 Å². The Balaban J connectivity index is 3.37. The van der Waals surface area contributed by atoms with E-state index in [1.54, 1.807) is 55.4 Å². The van der Waals surface area contributed by atoms with Gasteiger partial charge in [-0.2, -0.15) is 0 Å². The van der Waals surface area contributed by atoms with Crippen LogP contribution in [0, 0.1) is 29.8 Å². The molecule has 4 unspecified atom stereocenters. The molecule has 0 amide bonds. The third-order valence-corrected chi connectivity index (χ3v) is 4.63. The van der Waals surface area contributed by atoms with Crippen LogP contribution in [0.4, 0.5) is 0 Å². The van der Waals surface area contributed by atoms with Crippen LogP contribution < -0.4 is 0 Å². The lowest BCUT2D eigenvalue weighted by molar-refractivity contribution is -0.219. The predicted octanol–water partition coefficient (Wildman–Crippen LogP) is 2.57. The molecular formula is C22H35O9. The van der Waals surface area contributed by atoms with E-state index in [0.29, 0.717) is 0 Å². The molecule has 0 aromatic rings. The Morgan fingerprint density at radius 3 is 1.42 bits per heavy atom. The summed E-state index contributed by atoms with van der Waals surface area (Å²) >= 11 is 0. The zero-order valence-electron chi connectivity index (χ0n) is 19.5. The van der Waals surface area contributed by atoms with Gasteiger partial charge >= 0.3 is 23.9 Å². The normalized spacial score (nSPS) is 24.4. The van der Waals surface area contributed by atoms with Gasteiger partial charge in [-0.15, -0.1) is 0 Å². The molecule has 0 heterocycles. The molecule has 4 atom stereocenters. The molecule has 0 spiro atoms. The topological polar surface area (TPSA) is 125 Å². The van der Waals surface area contributed by atoms with Gasteiger partial charge in [0.2, 0.25) is 0 Å². The Kier molecular flexibility index (Phi) is 9.93. The quantitative estimate of drug-likeness (QED) is 0.445. The van der Waals surface area contributed by atoms with Crippen molar-refractivity contribution in [2.45, 2.75) is 86.2 Å². The minimum Gasteiger partial charge on any atom is -0.458 e. The zero-order chi connectivity index (χ0) is 24.0. The molecule has 31 heavy (non-hydrogen) atoms. The summed E-state index contributed by atoms with van der Waals surface area (Å²) in [6, 6.07) is 0. The molecular weight excluding hydrogens is 408 g/mol. The first kappa shape index (κ1) is 26.9. The van der Waals surface area contributed by atoms with Crippen molar-refractivity contribution in [2.75, 3.05) is 0 Å². The number of hydrogen-bond donors (Lipinski definition) is 1. The largest absolute Gasteiger partial charge is 0.458 e. The molecule has 1 rings (SSSR count). The highest BCUT2D eigenvalue weighted by Gasteiger charge is 2.53. The van der Waals surface area contributed by atoms with E-state index in [9.17, 15) is 24.3 Å². The van der Waals surface area contributed by atoms with Crippen LogP contribution in [0.15, 0.2) is 0 Å². The van der Waals surface area contributed by atoms with Crippen LogP contribution in [0.3, 0.4) is 0 Å². The highest BCUT2D eigenvalue weighted by atomic mass is 16.6. The van der Waals surface area contributed by atoms with Crippen LogP contribution in [-0.4, -0.2) is 53.4 Å². The summed E-state index contributed by atoms with van der Waals surface area (Å²) in [5, 5.41) is 10.6. The lowest BCUT2D eigenvalue weighted by Gasteiger charge is -2.42. The second-order valence-corrected chi connectivity index (χ2v) is 8.95. The van der Waals surface area contributed by atoms with Gasteiger partial charge in [0.15, 0.2) is 18.3 Å². The van der Waals surface area contributed by atoms with Crippen molar-refractivity contribution in [3.63, 3.8) is 0 Å². The zero-order valence-corrected chi connectivity index (χ0v) is 19.5. The second-order valence-electron chi connectivity index (χ2n) is 8.95. The molecule has 177 valence electrons. The van der Waals surface area contributed by atoms with E-state index in [1.165, 1.54) is 0 Å².